The molecule has 0 saturated heterocycles. The average molecular weight is 304 g/mol. The molecule has 4 aliphatic rings. The van der Waals surface area contributed by atoms with Crippen LogP contribution >= 0.6 is 0 Å². The van der Waals surface area contributed by atoms with Crippen molar-refractivity contribution in [1.29, 1.82) is 0 Å². The minimum Gasteiger partial charge on any atom is -0.393 e. The van der Waals surface area contributed by atoms with Crippen molar-refractivity contribution >= 4 is 0 Å². The molecule has 3 unspecified atom stereocenters. The molecule has 0 aromatic heterocycles. The highest BCUT2D eigenvalue weighted by molar-refractivity contribution is 5.26. The van der Waals surface area contributed by atoms with Crippen LogP contribution in [0.2, 0.25) is 0 Å². The van der Waals surface area contributed by atoms with Crippen LogP contribution in [0.15, 0.2) is 11.6 Å². The SMILES string of the molecule is C[C@]12CC[C@H](O)CC1=CCC1C2CC[C@@]2(C)C1CC[C@]2(C)O. The molecule has 0 spiro atoms. The second-order valence-electron chi connectivity index (χ2n) is 9.42. The van der Waals surface area contributed by atoms with Gasteiger partial charge in [-0.15, -0.1) is 0 Å². The highest BCUT2D eigenvalue weighted by Crippen LogP contribution is 2.66. The maximum Gasteiger partial charge on any atom is 0.0675 e. The van der Waals surface area contributed by atoms with Crippen molar-refractivity contribution in [1.82, 2.24) is 0 Å². The van der Waals surface area contributed by atoms with E-state index in [4.69, 9.17) is 0 Å². The van der Waals surface area contributed by atoms with Gasteiger partial charge in [-0.05, 0) is 86.9 Å². The first-order valence-electron chi connectivity index (χ1n) is 9.38. The summed E-state index contributed by atoms with van der Waals surface area (Å²) in [5, 5.41) is 21.0. The Labute approximate surface area is 135 Å². The third-order valence-corrected chi connectivity index (χ3v) is 8.64. The first-order chi connectivity index (χ1) is 10.3. The molecule has 0 amide bonds. The predicted molar refractivity (Wildman–Crippen MR) is 88.3 cm³/mol. The van der Waals surface area contributed by atoms with E-state index in [1.165, 1.54) is 25.7 Å². The molecule has 7 atom stereocenters. The van der Waals surface area contributed by atoms with E-state index in [1.54, 1.807) is 5.57 Å². The van der Waals surface area contributed by atoms with Gasteiger partial charge >= 0.3 is 0 Å². The number of aliphatic hydroxyl groups is 2. The van der Waals surface area contributed by atoms with Gasteiger partial charge in [0.05, 0.1) is 11.7 Å². The van der Waals surface area contributed by atoms with Gasteiger partial charge in [0, 0.05) is 0 Å². The fraction of sp³-hybridized carbons (Fsp3) is 0.900. The predicted octanol–water partition coefficient (Wildman–Crippen LogP) is 4.06. The maximum atomic E-state index is 10.9. The molecule has 4 rings (SSSR count). The van der Waals surface area contributed by atoms with Crippen molar-refractivity contribution in [3.05, 3.63) is 11.6 Å². The summed E-state index contributed by atoms with van der Waals surface area (Å²) in [6, 6.07) is 0. The molecule has 2 heteroatoms. The minimum absolute atomic E-state index is 0.114. The second kappa shape index (κ2) is 4.60. The summed E-state index contributed by atoms with van der Waals surface area (Å²) in [6.07, 6.45) is 11.2. The highest BCUT2D eigenvalue weighted by atomic mass is 16.3. The van der Waals surface area contributed by atoms with Crippen LogP contribution in [0.5, 0.6) is 0 Å². The molecule has 2 N–H and O–H groups in total. The lowest BCUT2D eigenvalue weighted by atomic mass is 9.47. The lowest BCUT2D eigenvalue weighted by molar-refractivity contribution is -0.115. The Morgan fingerprint density at radius 3 is 2.50 bits per heavy atom. The summed E-state index contributed by atoms with van der Waals surface area (Å²) < 4.78 is 0. The van der Waals surface area contributed by atoms with E-state index >= 15 is 0 Å². The van der Waals surface area contributed by atoms with Crippen molar-refractivity contribution < 1.29 is 10.2 Å². The van der Waals surface area contributed by atoms with Crippen molar-refractivity contribution in [3.63, 3.8) is 0 Å². The van der Waals surface area contributed by atoms with Crippen LogP contribution in [0.4, 0.5) is 0 Å². The van der Waals surface area contributed by atoms with Crippen molar-refractivity contribution in [3.8, 4) is 0 Å². The molecule has 2 nitrogen and oxygen atoms in total. The molecule has 3 fully saturated rings. The van der Waals surface area contributed by atoms with E-state index in [2.05, 4.69) is 26.8 Å². The molecular weight excluding hydrogens is 272 g/mol. The van der Waals surface area contributed by atoms with Gasteiger partial charge in [0.25, 0.3) is 0 Å². The zero-order valence-electron chi connectivity index (χ0n) is 14.4. The monoisotopic (exact) mass is 304 g/mol. The summed E-state index contributed by atoms with van der Waals surface area (Å²) in [6.45, 7) is 6.90. The van der Waals surface area contributed by atoms with Gasteiger partial charge in [-0.1, -0.05) is 25.5 Å². The smallest absolute Gasteiger partial charge is 0.0675 e. The number of hydrogen-bond donors (Lipinski definition) is 2. The lowest BCUT2D eigenvalue weighted by Crippen LogP contribution is -2.53. The second-order valence-corrected chi connectivity index (χ2v) is 9.42. The lowest BCUT2D eigenvalue weighted by Gasteiger charge is -2.58. The molecule has 3 saturated carbocycles. The summed E-state index contributed by atoms with van der Waals surface area (Å²) >= 11 is 0. The maximum absolute atomic E-state index is 10.9. The van der Waals surface area contributed by atoms with Crippen molar-refractivity contribution in [2.75, 3.05) is 0 Å². The normalized spacial score (nSPS) is 57.6. The summed E-state index contributed by atoms with van der Waals surface area (Å²) in [5.41, 5.74) is 1.50. The zero-order chi connectivity index (χ0) is 15.8. The van der Waals surface area contributed by atoms with Gasteiger partial charge in [0.15, 0.2) is 0 Å². The van der Waals surface area contributed by atoms with Gasteiger partial charge in [0.2, 0.25) is 0 Å². The molecular formula is C20H32O2. The van der Waals surface area contributed by atoms with Gasteiger partial charge in [-0.3, -0.25) is 0 Å². The molecule has 0 aromatic rings. The van der Waals surface area contributed by atoms with Crippen molar-refractivity contribution in [2.24, 2.45) is 28.6 Å². The van der Waals surface area contributed by atoms with Crippen LogP contribution < -0.4 is 0 Å². The molecule has 124 valence electrons. The Morgan fingerprint density at radius 1 is 1.00 bits per heavy atom. The summed E-state index contributed by atoms with van der Waals surface area (Å²) in [7, 11) is 0. The third kappa shape index (κ3) is 1.80. The van der Waals surface area contributed by atoms with Gasteiger partial charge in [-0.2, -0.15) is 0 Å². The Hall–Kier alpha value is -0.340. The number of allylic oxidation sites excluding steroid dienone is 1. The first-order valence-corrected chi connectivity index (χ1v) is 9.38. The quantitative estimate of drug-likeness (QED) is 0.663. The topological polar surface area (TPSA) is 40.5 Å². The Morgan fingerprint density at radius 2 is 1.73 bits per heavy atom. The molecule has 0 bridgehead atoms. The van der Waals surface area contributed by atoms with E-state index in [9.17, 15) is 10.2 Å². The summed E-state index contributed by atoms with van der Waals surface area (Å²) in [4.78, 5) is 0. The molecule has 0 radical (unpaired) electrons. The molecule has 22 heavy (non-hydrogen) atoms. The van der Waals surface area contributed by atoms with Crippen LogP contribution in [0, 0.1) is 28.6 Å². The van der Waals surface area contributed by atoms with Crippen LogP contribution in [-0.4, -0.2) is 21.9 Å². The van der Waals surface area contributed by atoms with E-state index < -0.39 is 5.60 Å². The van der Waals surface area contributed by atoms with Crippen LogP contribution in [0.25, 0.3) is 0 Å². The van der Waals surface area contributed by atoms with Crippen LogP contribution in [0.1, 0.15) is 72.1 Å². The Bertz CT molecular complexity index is 508. The number of aliphatic hydroxyl groups excluding tert-OH is 1. The van der Waals surface area contributed by atoms with Gasteiger partial charge < -0.3 is 10.2 Å². The standard InChI is InChI=1S/C20H32O2/c1-18-9-6-14(21)12-13(18)4-5-15-16(18)7-10-19(2)17(15)8-11-20(19,3)22/h4,14-17,21-22H,5-12H2,1-3H3/t14-,15?,16?,17?,18-,19-,20-/m0/s1. The minimum atomic E-state index is -0.476. The van der Waals surface area contributed by atoms with Gasteiger partial charge in [-0.25, -0.2) is 0 Å². The largest absolute Gasteiger partial charge is 0.393 e. The Kier molecular flexibility index (Phi) is 3.18. The van der Waals surface area contributed by atoms with E-state index in [0.29, 0.717) is 11.3 Å². The highest BCUT2D eigenvalue weighted by Gasteiger charge is 2.61. The first kappa shape index (κ1) is 15.2. The third-order valence-electron chi connectivity index (χ3n) is 8.64. The van der Waals surface area contributed by atoms with Crippen LogP contribution in [-0.2, 0) is 0 Å². The number of fused-ring (bicyclic) bond motifs is 5. The zero-order valence-corrected chi connectivity index (χ0v) is 14.4. The van der Waals surface area contributed by atoms with E-state index in [0.717, 1.165) is 37.5 Å². The summed E-state index contributed by atoms with van der Waals surface area (Å²) in [5.74, 6) is 2.20. The number of hydrogen-bond acceptors (Lipinski definition) is 2. The van der Waals surface area contributed by atoms with Gasteiger partial charge in [0.1, 0.15) is 0 Å². The fourth-order valence-corrected chi connectivity index (χ4v) is 6.89. The number of rotatable bonds is 0. The fourth-order valence-electron chi connectivity index (χ4n) is 6.89. The molecule has 0 aliphatic heterocycles. The molecule has 4 aliphatic carbocycles. The van der Waals surface area contributed by atoms with Crippen molar-refractivity contribution in [2.45, 2.75) is 83.8 Å². The molecule has 0 aromatic carbocycles. The average Bonchev–Trinajstić information content (AvgIpc) is 2.70. The molecule has 0 heterocycles. The van der Waals surface area contributed by atoms with E-state index in [-0.39, 0.29) is 11.5 Å². The van der Waals surface area contributed by atoms with E-state index in [1.807, 2.05) is 0 Å². The Balaban J connectivity index is 1.69. The van der Waals surface area contributed by atoms with Crippen LogP contribution in [0.3, 0.4) is 0 Å².